The number of aromatic nitrogens is 1. The van der Waals surface area contributed by atoms with Crippen molar-refractivity contribution < 1.29 is 4.79 Å². The Kier molecular flexibility index (Phi) is 3.42. The monoisotopic (exact) mass is 303 g/mol. The molecule has 0 aliphatic rings. The molecule has 20 heavy (non-hydrogen) atoms. The first-order chi connectivity index (χ1) is 9.66. The number of fused-ring (bicyclic) bond motifs is 1. The van der Waals surface area contributed by atoms with Gasteiger partial charge in [0.25, 0.3) is 5.91 Å². The van der Waals surface area contributed by atoms with Gasteiger partial charge in [-0.15, -0.1) is 11.3 Å². The van der Waals surface area contributed by atoms with E-state index in [9.17, 15) is 4.79 Å². The highest BCUT2D eigenvalue weighted by molar-refractivity contribution is 7.21. The molecule has 0 aliphatic heterocycles. The summed E-state index contributed by atoms with van der Waals surface area (Å²) in [5.74, 6) is -0.137. The fourth-order valence-corrected chi connectivity index (χ4v) is 3.75. The van der Waals surface area contributed by atoms with Gasteiger partial charge in [-0.1, -0.05) is 0 Å². The molecule has 102 valence electrons. The van der Waals surface area contributed by atoms with Crippen LogP contribution in [0.2, 0.25) is 0 Å². The first-order valence-electron chi connectivity index (χ1n) is 6.11. The van der Waals surface area contributed by atoms with Crippen LogP contribution < -0.4 is 11.1 Å². The Labute approximate surface area is 124 Å². The van der Waals surface area contributed by atoms with Crippen LogP contribution in [0.5, 0.6) is 0 Å². The van der Waals surface area contributed by atoms with E-state index in [0.717, 1.165) is 15.6 Å². The van der Waals surface area contributed by atoms with Crippen molar-refractivity contribution >= 4 is 44.4 Å². The molecule has 1 atom stereocenters. The number of nitrogen functional groups attached to an aromatic ring is 1. The number of hydrogen-bond acceptors (Lipinski definition) is 5. The molecular weight excluding hydrogens is 290 g/mol. The summed E-state index contributed by atoms with van der Waals surface area (Å²) in [5.41, 5.74) is 7.69. The average Bonchev–Trinajstić information content (AvgIpc) is 3.07. The molecule has 3 heterocycles. The number of pyridine rings is 1. The van der Waals surface area contributed by atoms with Crippen molar-refractivity contribution in [3.8, 4) is 0 Å². The lowest BCUT2D eigenvalue weighted by Gasteiger charge is -2.11. The molecule has 0 saturated heterocycles. The van der Waals surface area contributed by atoms with Gasteiger partial charge in [0.1, 0.15) is 4.88 Å². The first kappa shape index (κ1) is 13.1. The van der Waals surface area contributed by atoms with Gasteiger partial charge < -0.3 is 11.1 Å². The Balaban J connectivity index is 1.87. The van der Waals surface area contributed by atoms with E-state index in [2.05, 4.69) is 10.3 Å². The number of amides is 1. The van der Waals surface area contributed by atoms with Crippen molar-refractivity contribution in [1.29, 1.82) is 0 Å². The minimum atomic E-state index is -0.137. The molecule has 3 rings (SSSR count). The highest BCUT2D eigenvalue weighted by Gasteiger charge is 2.18. The summed E-state index contributed by atoms with van der Waals surface area (Å²) in [7, 11) is 0. The number of rotatable bonds is 3. The topological polar surface area (TPSA) is 68.0 Å². The lowest BCUT2D eigenvalue weighted by atomic mass is 10.2. The van der Waals surface area contributed by atoms with Crippen molar-refractivity contribution in [1.82, 2.24) is 10.3 Å². The highest BCUT2D eigenvalue weighted by atomic mass is 32.1. The summed E-state index contributed by atoms with van der Waals surface area (Å²) >= 11 is 2.99. The zero-order valence-electron chi connectivity index (χ0n) is 10.8. The van der Waals surface area contributed by atoms with Gasteiger partial charge in [-0.25, -0.2) is 0 Å². The van der Waals surface area contributed by atoms with Crippen LogP contribution in [0.1, 0.15) is 28.2 Å². The van der Waals surface area contributed by atoms with Gasteiger partial charge in [0.05, 0.1) is 16.4 Å². The van der Waals surface area contributed by atoms with Gasteiger partial charge in [0, 0.05) is 17.8 Å². The number of nitrogens with zero attached hydrogens (tertiary/aromatic N) is 1. The number of carbonyl (C=O) groups excluding carboxylic acids is 1. The first-order valence-corrected chi connectivity index (χ1v) is 7.87. The second kappa shape index (κ2) is 5.22. The number of carbonyl (C=O) groups is 1. The molecule has 0 bridgehead atoms. The third-order valence-corrected chi connectivity index (χ3v) is 4.98. The second-order valence-electron chi connectivity index (χ2n) is 4.47. The normalized spacial score (nSPS) is 12.4. The summed E-state index contributed by atoms with van der Waals surface area (Å²) in [6.45, 7) is 1.96. The summed E-state index contributed by atoms with van der Waals surface area (Å²) in [4.78, 5) is 16.9. The smallest absolute Gasteiger partial charge is 0.263 e. The number of thiophene rings is 2. The zero-order chi connectivity index (χ0) is 14.1. The standard InChI is InChI=1S/C14H13N3OS2/c1-8(9-3-5-19-7-9)17-14(18)13-12(15)10-2-4-16-6-11(10)20-13/h2-8H,15H2,1H3,(H,17,18). The molecule has 4 nitrogen and oxygen atoms in total. The number of hydrogen-bond donors (Lipinski definition) is 2. The van der Waals surface area contributed by atoms with Crippen LogP contribution in [0, 0.1) is 0 Å². The molecule has 1 unspecified atom stereocenters. The summed E-state index contributed by atoms with van der Waals surface area (Å²) in [6, 6.07) is 3.81. The molecule has 0 spiro atoms. The zero-order valence-corrected chi connectivity index (χ0v) is 12.4. The lowest BCUT2D eigenvalue weighted by molar-refractivity contribution is 0.0945. The average molecular weight is 303 g/mol. The van der Waals surface area contributed by atoms with Crippen LogP contribution in [-0.2, 0) is 0 Å². The number of nitrogens with two attached hydrogens (primary N) is 1. The molecule has 3 aromatic heterocycles. The molecule has 0 aliphatic carbocycles. The van der Waals surface area contributed by atoms with Crippen molar-refractivity contribution in [2.24, 2.45) is 0 Å². The fraction of sp³-hybridized carbons (Fsp3) is 0.143. The third kappa shape index (κ3) is 2.28. The van der Waals surface area contributed by atoms with Crippen LogP contribution in [0.15, 0.2) is 35.3 Å². The van der Waals surface area contributed by atoms with Crippen LogP contribution in [0.3, 0.4) is 0 Å². The van der Waals surface area contributed by atoms with E-state index in [1.165, 1.54) is 11.3 Å². The molecule has 6 heteroatoms. The maximum absolute atomic E-state index is 12.3. The number of anilines is 1. The van der Waals surface area contributed by atoms with Gasteiger partial charge in [-0.3, -0.25) is 9.78 Å². The van der Waals surface area contributed by atoms with Crippen molar-refractivity contribution in [2.75, 3.05) is 5.73 Å². The van der Waals surface area contributed by atoms with E-state index in [4.69, 9.17) is 5.73 Å². The minimum absolute atomic E-state index is 0.0310. The van der Waals surface area contributed by atoms with E-state index >= 15 is 0 Å². The second-order valence-corrected chi connectivity index (χ2v) is 6.30. The third-order valence-electron chi connectivity index (χ3n) is 3.13. The van der Waals surface area contributed by atoms with Crippen LogP contribution in [0.4, 0.5) is 5.69 Å². The van der Waals surface area contributed by atoms with E-state index in [1.807, 2.05) is 29.8 Å². The molecule has 0 fully saturated rings. The van der Waals surface area contributed by atoms with E-state index in [1.54, 1.807) is 23.7 Å². The molecule has 3 aromatic rings. The van der Waals surface area contributed by atoms with E-state index in [0.29, 0.717) is 10.6 Å². The van der Waals surface area contributed by atoms with Crippen molar-refractivity contribution in [3.05, 3.63) is 45.7 Å². The Hall–Kier alpha value is -1.92. The quantitative estimate of drug-likeness (QED) is 0.779. The summed E-state index contributed by atoms with van der Waals surface area (Å²) < 4.78 is 0.929. The van der Waals surface area contributed by atoms with Gasteiger partial charge in [-0.05, 0) is 35.4 Å². The molecular formula is C14H13N3OS2. The summed E-state index contributed by atoms with van der Waals surface area (Å²) in [5, 5.41) is 7.89. The van der Waals surface area contributed by atoms with Crippen LogP contribution in [-0.4, -0.2) is 10.9 Å². The Bertz CT molecular complexity index is 749. The van der Waals surface area contributed by atoms with Crippen LogP contribution in [0.25, 0.3) is 10.1 Å². The molecule has 0 radical (unpaired) electrons. The molecule has 0 aromatic carbocycles. The molecule has 1 amide bonds. The van der Waals surface area contributed by atoms with Gasteiger partial charge >= 0.3 is 0 Å². The van der Waals surface area contributed by atoms with E-state index in [-0.39, 0.29) is 11.9 Å². The van der Waals surface area contributed by atoms with Gasteiger partial charge in [-0.2, -0.15) is 11.3 Å². The maximum atomic E-state index is 12.3. The fourth-order valence-electron chi connectivity index (χ4n) is 2.01. The highest BCUT2D eigenvalue weighted by Crippen LogP contribution is 2.33. The van der Waals surface area contributed by atoms with Crippen molar-refractivity contribution in [2.45, 2.75) is 13.0 Å². The van der Waals surface area contributed by atoms with Crippen molar-refractivity contribution in [3.63, 3.8) is 0 Å². The molecule has 0 saturated carbocycles. The maximum Gasteiger partial charge on any atom is 0.263 e. The number of nitrogens with one attached hydrogen (secondary N) is 1. The minimum Gasteiger partial charge on any atom is -0.397 e. The Morgan fingerprint density at radius 1 is 1.45 bits per heavy atom. The Morgan fingerprint density at radius 3 is 3.00 bits per heavy atom. The SMILES string of the molecule is CC(NC(=O)c1sc2cnccc2c1N)c1ccsc1. The van der Waals surface area contributed by atoms with Gasteiger partial charge in [0.2, 0.25) is 0 Å². The predicted octanol–water partition coefficient (Wildman–Crippen LogP) is 3.43. The Morgan fingerprint density at radius 2 is 2.30 bits per heavy atom. The lowest BCUT2D eigenvalue weighted by Crippen LogP contribution is -2.26. The molecule has 3 N–H and O–H groups in total. The van der Waals surface area contributed by atoms with Gasteiger partial charge in [0.15, 0.2) is 0 Å². The predicted molar refractivity (Wildman–Crippen MR) is 84.2 cm³/mol. The van der Waals surface area contributed by atoms with E-state index < -0.39 is 0 Å². The largest absolute Gasteiger partial charge is 0.397 e. The summed E-state index contributed by atoms with van der Waals surface area (Å²) in [6.07, 6.45) is 3.41. The van der Waals surface area contributed by atoms with Crippen LogP contribution >= 0.6 is 22.7 Å².